The smallest absolute Gasteiger partial charge is 0.296 e. The van der Waals surface area contributed by atoms with Gasteiger partial charge in [0.1, 0.15) is 11.3 Å². The first-order chi connectivity index (χ1) is 19.4. The Hall–Kier alpha value is -4.24. The molecule has 2 N–H and O–H groups in total. The van der Waals surface area contributed by atoms with Crippen LogP contribution in [0.15, 0.2) is 30.6 Å². The number of hydrogen-bond acceptors (Lipinski definition) is 12. The van der Waals surface area contributed by atoms with Gasteiger partial charge in [0.15, 0.2) is 5.82 Å². The van der Waals surface area contributed by atoms with Crippen LogP contribution in [0.3, 0.4) is 0 Å². The topological polar surface area (TPSA) is 136 Å². The molecule has 40 heavy (non-hydrogen) atoms. The number of para-hydroxylation sites is 1. The SMILES string of the molecule is COc1cccc2c1nc(C(F)F)n2-c1nc(N2CCOCC2)nc(N(CCCN(C)C)c2ncc(N)cn2)n1. The van der Waals surface area contributed by atoms with Crippen LogP contribution in [-0.4, -0.2) is 100.0 Å². The second-order valence-electron chi connectivity index (χ2n) is 9.39. The van der Waals surface area contributed by atoms with E-state index in [0.29, 0.717) is 61.7 Å². The number of nitrogens with zero attached hydrogens (tertiary/aromatic N) is 10. The van der Waals surface area contributed by atoms with E-state index in [2.05, 4.69) is 29.8 Å². The van der Waals surface area contributed by atoms with Crippen LogP contribution in [0.4, 0.5) is 32.3 Å². The minimum atomic E-state index is -2.90. The monoisotopic (exact) mass is 555 g/mol. The number of hydrogen-bond donors (Lipinski definition) is 1. The van der Waals surface area contributed by atoms with E-state index in [1.165, 1.54) is 24.1 Å². The maximum atomic E-state index is 14.4. The molecule has 13 nitrogen and oxygen atoms in total. The first-order valence-corrected chi connectivity index (χ1v) is 12.8. The quantitative estimate of drug-likeness (QED) is 0.308. The Morgan fingerprint density at radius 2 is 1.73 bits per heavy atom. The van der Waals surface area contributed by atoms with Crippen LogP contribution in [-0.2, 0) is 4.74 Å². The van der Waals surface area contributed by atoms with Crippen LogP contribution in [0.2, 0.25) is 0 Å². The molecule has 4 aromatic rings. The lowest BCUT2D eigenvalue weighted by atomic mass is 10.3. The summed E-state index contributed by atoms with van der Waals surface area (Å²) in [4.78, 5) is 32.8. The van der Waals surface area contributed by atoms with E-state index in [1.54, 1.807) is 23.1 Å². The maximum absolute atomic E-state index is 14.4. The van der Waals surface area contributed by atoms with Crippen LogP contribution >= 0.6 is 0 Å². The molecule has 0 bridgehead atoms. The molecule has 1 aliphatic rings. The molecule has 0 radical (unpaired) electrons. The number of rotatable bonds is 10. The number of fused-ring (bicyclic) bond motifs is 1. The summed E-state index contributed by atoms with van der Waals surface area (Å²) >= 11 is 0. The average Bonchev–Trinajstić information content (AvgIpc) is 3.36. The highest BCUT2D eigenvalue weighted by molar-refractivity contribution is 5.84. The number of alkyl halides is 2. The van der Waals surface area contributed by atoms with Crippen molar-refractivity contribution in [3.63, 3.8) is 0 Å². The van der Waals surface area contributed by atoms with Crippen molar-refractivity contribution in [2.75, 3.05) is 76.1 Å². The Bertz CT molecular complexity index is 1440. The van der Waals surface area contributed by atoms with Gasteiger partial charge in [-0.15, -0.1) is 0 Å². The first kappa shape index (κ1) is 27.3. The van der Waals surface area contributed by atoms with Crippen molar-refractivity contribution in [2.24, 2.45) is 0 Å². The Morgan fingerprint density at radius 1 is 1.00 bits per heavy atom. The zero-order chi connectivity index (χ0) is 28.2. The molecular formula is C25H31F2N11O2. The molecular weight excluding hydrogens is 524 g/mol. The van der Waals surface area contributed by atoms with Gasteiger partial charge in [-0.1, -0.05) is 6.07 Å². The molecule has 1 fully saturated rings. The number of benzene rings is 1. The molecule has 3 aromatic heterocycles. The van der Waals surface area contributed by atoms with Crippen LogP contribution in [0.25, 0.3) is 17.0 Å². The van der Waals surface area contributed by atoms with Crippen molar-refractivity contribution in [3.05, 3.63) is 36.4 Å². The lowest BCUT2D eigenvalue weighted by Crippen LogP contribution is -2.38. The number of methoxy groups -OCH3 is 1. The van der Waals surface area contributed by atoms with E-state index in [9.17, 15) is 8.78 Å². The molecule has 0 amide bonds. The number of morpholine rings is 1. The molecule has 0 aliphatic carbocycles. The summed E-state index contributed by atoms with van der Waals surface area (Å²) in [7, 11) is 5.42. The van der Waals surface area contributed by atoms with Crippen molar-refractivity contribution >= 4 is 34.6 Å². The van der Waals surface area contributed by atoms with E-state index in [1.807, 2.05) is 19.0 Å². The van der Waals surface area contributed by atoms with Gasteiger partial charge in [0, 0.05) is 19.6 Å². The molecule has 0 spiro atoms. The largest absolute Gasteiger partial charge is 0.494 e. The van der Waals surface area contributed by atoms with Crippen LogP contribution in [0, 0.1) is 0 Å². The first-order valence-electron chi connectivity index (χ1n) is 12.8. The van der Waals surface area contributed by atoms with Crippen LogP contribution in [0.1, 0.15) is 18.7 Å². The summed E-state index contributed by atoms with van der Waals surface area (Å²) in [6.45, 7) is 3.26. The van der Waals surface area contributed by atoms with Gasteiger partial charge in [0.2, 0.25) is 23.8 Å². The third-order valence-corrected chi connectivity index (χ3v) is 6.31. The Balaban J connectivity index is 1.70. The highest BCUT2D eigenvalue weighted by Crippen LogP contribution is 2.33. The third-order valence-electron chi connectivity index (χ3n) is 6.31. The fourth-order valence-electron chi connectivity index (χ4n) is 4.39. The van der Waals surface area contributed by atoms with Crippen LogP contribution < -0.4 is 20.3 Å². The lowest BCUT2D eigenvalue weighted by molar-refractivity contribution is 0.122. The minimum Gasteiger partial charge on any atom is -0.494 e. The molecule has 0 saturated carbocycles. The molecule has 5 rings (SSSR count). The second-order valence-corrected chi connectivity index (χ2v) is 9.39. The van der Waals surface area contributed by atoms with E-state index in [4.69, 9.17) is 20.2 Å². The summed E-state index contributed by atoms with van der Waals surface area (Å²) in [6, 6.07) is 5.04. The zero-order valence-corrected chi connectivity index (χ0v) is 22.5. The molecule has 0 atom stereocenters. The molecule has 4 heterocycles. The third kappa shape index (κ3) is 5.70. The fourth-order valence-corrected chi connectivity index (χ4v) is 4.39. The number of nitrogen functional groups attached to an aromatic ring is 1. The van der Waals surface area contributed by atoms with Crippen LogP contribution in [0.5, 0.6) is 5.75 Å². The number of nitrogens with two attached hydrogens (primary N) is 1. The predicted octanol–water partition coefficient (Wildman–Crippen LogP) is 2.46. The summed E-state index contributed by atoms with van der Waals surface area (Å²) in [6.07, 6.45) is 0.816. The summed E-state index contributed by atoms with van der Waals surface area (Å²) < 4.78 is 40.9. The zero-order valence-electron chi connectivity index (χ0n) is 22.5. The maximum Gasteiger partial charge on any atom is 0.296 e. The average molecular weight is 556 g/mol. The van der Waals surface area contributed by atoms with E-state index in [0.717, 1.165) is 13.0 Å². The number of aromatic nitrogens is 7. The molecule has 1 aliphatic heterocycles. The standard InChI is InChI=1S/C25H31F2N11O2/c1-35(2)8-5-9-37(22-29-14-16(28)15-30-22)24-32-23(36-10-12-40-13-11-36)33-25(34-24)38-17-6-4-7-18(39-3)19(17)31-21(38)20(26)27/h4,6-7,14-15,20H,5,8-13,28H2,1-3H3. The van der Waals surface area contributed by atoms with E-state index in [-0.39, 0.29) is 17.4 Å². The summed E-state index contributed by atoms with van der Waals surface area (Å²) in [5.41, 5.74) is 6.90. The summed E-state index contributed by atoms with van der Waals surface area (Å²) in [5.74, 6) is 0.699. The number of anilines is 4. The van der Waals surface area contributed by atoms with Gasteiger partial charge in [-0.2, -0.15) is 15.0 Å². The predicted molar refractivity (Wildman–Crippen MR) is 146 cm³/mol. The molecule has 1 saturated heterocycles. The van der Waals surface area contributed by atoms with E-state index < -0.39 is 12.2 Å². The normalized spacial score (nSPS) is 13.9. The molecule has 1 aromatic carbocycles. The van der Waals surface area contributed by atoms with Crippen molar-refractivity contribution in [1.82, 2.24) is 39.4 Å². The highest BCUT2D eigenvalue weighted by Gasteiger charge is 2.27. The van der Waals surface area contributed by atoms with Crippen molar-refractivity contribution in [2.45, 2.75) is 12.8 Å². The van der Waals surface area contributed by atoms with Gasteiger partial charge < -0.3 is 25.0 Å². The minimum absolute atomic E-state index is 0.00870. The van der Waals surface area contributed by atoms with Gasteiger partial charge in [-0.3, -0.25) is 9.47 Å². The number of ether oxygens (including phenoxy) is 2. The van der Waals surface area contributed by atoms with Gasteiger partial charge in [-0.25, -0.2) is 23.7 Å². The Kier molecular flexibility index (Phi) is 8.11. The van der Waals surface area contributed by atoms with Crippen molar-refractivity contribution in [1.29, 1.82) is 0 Å². The Labute approximate surface area is 229 Å². The fraction of sp³-hybridized carbons (Fsp3) is 0.440. The molecule has 212 valence electrons. The van der Waals surface area contributed by atoms with Crippen molar-refractivity contribution in [3.8, 4) is 11.7 Å². The van der Waals surface area contributed by atoms with Gasteiger partial charge in [0.05, 0.1) is 43.9 Å². The van der Waals surface area contributed by atoms with Crippen molar-refractivity contribution < 1.29 is 18.3 Å². The molecule has 15 heteroatoms. The summed E-state index contributed by atoms with van der Waals surface area (Å²) in [5, 5.41) is 0. The van der Waals surface area contributed by atoms with Gasteiger partial charge in [0.25, 0.3) is 6.43 Å². The second kappa shape index (κ2) is 11.9. The Morgan fingerprint density at radius 3 is 2.40 bits per heavy atom. The van der Waals surface area contributed by atoms with Gasteiger partial charge in [-0.05, 0) is 39.2 Å². The lowest BCUT2D eigenvalue weighted by Gasteiger charge is -2.28. The molecule has 0 unspecified atom stereocenters. The van der Waals surface area contributed by atoms with Gasteiger partial charge >= 0.3 is 0 Å². The highest BCUT2D eigenvalue weighted by atomic mass is 19.3. The van der Waals surface area contributed by atoms with E-state index >= 15 is 0 Å². The number of halogens is 2. The number of imidazole rings is 1.